The van der Waals surface area contributed by atoms with Crippen molar-refractivity contribution in [3.63, 3.8) is 0 Å². The van der Waals surface area contributed by atoms with Gasteiger partial charge in [0.2, 0.25) is 0 Å². The minimum absolute atomic E-state index is 0.0741. The van der Waals surface area contributed by atoms with Crippen molar-refractivity contribution in [1.29, 1.82) is 0 Å². The summed E-state index contributed by atoms with van der Waals surface area (Å²) >= 11 is 13.8. The molecule has 14 heteroatoms. The molecule has 0 atom stereocenters. The molecule has 10 nitrogen and oxygen atoms in total. The van der Waals surface area contributed by atoms with Crippen LogP contribution in [0.25, 0.3) is 0 Å². The highest BCUT2D eigenvalue weighted by atomic mass is 36.0. The molecule has 0 aliphatic carbocycles. The van der Waals surface area contributed by atoms with Crippen LogP contribution in [0, 0.1) is 0 Å². The summed E-state index contributed by atoms with van der Waals surface area (Å²) < 4.78 is 29.8. The van der Waals surface area contributed by atoms with E-state index in [1.165, 1.54) is 43.5 Å². The van der Waals surface area contributed by atoms with E-state index in [0.29, 0.717) is 22.6 Å². The third-order valence-corrected chi connectivity index (χ3v) is 5.17. The second-order valence-electron chi connectivity index (χ2n) is 8.08. The Bertz CT molecular complexity index is 1500. The highest BCUT2D eigenvalue weighted by molar-refractivity contribution is 8.24. The highest BCUT2D eigenvalue weighted by Crippen LogP contribution is 2.61. The molecule has 4 aromatic carbocycles. The molecule has 236 valence electrons. The Morgan fingerprint density at radius 1 is 0.614 bits per heavy atom. The fourth-order valence-corrected chi connectivity index (χ4v) is 3.09. The molecule has 0 saturated carbocycles. The van der Waals surface area contributed by atoms with Crippen LogP contribution in [0.15, 0.2) is 91.0 Å². The second-order valence-corrected chi connectivity index (χ2v) is 14.7. The van der Waals surface area contributed by atoms with Gasteiger partial charge in [0.05, 0.1) is 39.6 Å². The number of benzene rings is 4. The maximum Gasteiger partial charge on any atom is 0.339 e. The fourth-order valence-electron chi connectivity index (χ4n) is 3.09. The van der Waals surface area contributed by atoms with Crippen molar-refractivity contribution in [3.8, 4) is 34.5 Å². The number of carboxylic acids is 1. The number of hydrogen-bond donors (Lipinski definition) is 3. The molecule has 0 fully saturated rings. The quantitative estimate of drug-likeness (QED) is 0.128. The van der Waals surface area contributed by atoms with Crippen LogP contribution in [0.5, 0.6) is 34.5 Å². The van der Waals surface area contributed by atoms with Gasteiger partial charge in [-0.05, 0) is 107 Å². The standard InChI is InChI=1S/C15H14O4.C8H10O2.C7H6O3.Cl3OP/c1-18-12-7-8-13(14(9-12)19-2)15(17)10-3-5-11(16)6-4-10;1-9-7-4-3-5-8(6-7)10-2;8-6-3-1-5(2-4-6)7(9)10;1-5(2,3)4/h3-9,16H,1-2H3;3-6H,1-2H3;1-4,8H,(H,9,10);. The molecule has 3 N–H and O–H groups in total. The Kier molecular flexibility index (Phi) is 16.6. The van der Waals surface area contributed by atoms with E-state index in [9.17, 15) is 19.3 Å². The Balaban J connectivity index is 0.000000328. The molecule has 4 rings (SSSR count). The molecule has 0 heterocycles. The van der Waals surface area contributed by atoms with E-state index in [1.807, 2.05) is 24.3 Å². The van der Waals surface area contributed by atoms with Gasteiger partial charge in [-0.25, -0.2) is 4.79 Å². The average molecular weight is 688 g/mol. The third kappa shape index (κ3) is 14.9. The zero-order valence-electron chi connectivity index (χ0n) is 23.9. The number of halogens is 3. The van der Waals surface area contributed by atoms with E-state index >= 15 is 0 Å². The van der Waals surface area contributed by atoms with Crippen LogP contribution in [0.1, 0.15) is 26.3 Å². The van der Waals surface area contributed by atoms with Crippen LogP contribution < -0.4 is 18.9 Å². The molecule has 44 heavy (non-hydrogen) atoms. The minimum Gasteiger partial charge on any atom is -0.508 e. The maximum atomic E-state index is 12.3. The number of phenols is 2. The van der Waals surface area contributed by atoms with Crippen LogP contribution in [-0.2, 0) is 4.57 Å². The van der Waals surface area contributed by atoms with E-state index in [1.54, 1.807) is 51.7 Å². The number of carbonyl (C=O) groups excluding carboxylic acids is 1. The zero-order chi connectivity index (χ0) is 33.3. The third-order valence-electron chi connectivity index (χ3n) is 5.17. The van der Waals surface area contributed by atoms with Crippen molar-refractivity contribution in [2.75, 3.05) is 28.4 Å². The molecule has 0 unspecified atom stereocenters. The summed E-state index contributed by atoms with van der Waals surface area (Å²) in [6.07, 6.45) is 0. The summed E-state index contributed by atoms with van der Waals surface area (Å²) in [5.74, 6) is 1.76. The summed E-state index contributed by atoms with van der Waals surface area (Å²) in [4.78, 5) is 22.6. The van der Waals surface area contributed by atoms with Crippen molar-refractivity contribution < 1.29 is 48.4 Å². The topological polar surface area (TPSA) is 149 Å². The summed E-state index contributed by atoms with van der Waals surface area (Å²) in [6, 6.07) is 24.0. The van der Waals surface area contributed by atoms with Crippen molar-refractivity contribution in [2.45, 2.75) is 0 Å². The van der Waals surface area contributed by atoms with Gasteiger partial charge in [-0.2, -0.15) is 0 Å². The van der Waals surface area contributed by atoms with Gasteiger partial charge >= 0.3 is 11.2 Å². The smallest absolute Gasteiger partial charge is 0.339 e. The summed E-state index contributed by atoms with van der Waals surface area (Å²) in [7, 11) is 6.32. The molecular weight excluding hydrogens is 658 g/mol. The summed E-state index contributed by atoms with van der Waals surface area (Å²) in [5.41, 5.74) is 1.12. The Hall–Kier alpha value is -4.08. The average Bonchev–Trinajstić information content (AvgIpc) is 3.00. The van der Waals surface area contributed by atoms with Crippen LogP contribution >= 0.6 is 38.9 Å². The van der Waals surface area contributed by atoms with Gasteiger partial charge in [-0.15, -0.1) is 0 Å². The lowest BCUT2D eigenvalue weighted by Gasteiger charge is -2.09. The molecule has 0 radical (unpaired) electrons. The lowest BCUT2D eigenvalue weighted by molar-refractivity contribution is 0.0696. The largest absolute Gasteiger partial charge is 0.508 e. The zero-order valence-corrected chi connectivity index (χ0v) is 27.1. The number of rotatable bonds is 7. The number of carboxylic acid groups (broad SMARTS) is 1. The van der Waals surface area contributed by atoms with Crippen LogP contribution in [0.2, 0.25) is 0 Å². The summed E-state index contributed by atoms with van der Waals surface area (Å²) in [6.45, 7) is 0. The first kappa shape index (κ1) is 37.9. The van der Waals surface area contributed by atoms with Gasteiger partial charge in [-0.3, -0.25) is 9.36 Å². The molecule has 4 aromatic rings. The van der Waals surface area contributed by atoms with E-state index in [-0.39, 0.29) is 22.8 Å². The highest BCUT2D eigenvalue weighted by Gasteiger charge is 2.15. The molecule has 0 saturated heterocycles. The fraction of sp³-hybridized carbons (Fsp3) is 0.133. The van der Waals surface area contributed by atoms with Gasteiger partial charge in [0, 0.05) is 17.7 Å². The predicted molar refractivity (Wildman–Crippen MR) is 171 cm³/mol. The SMILES string of the molecule is COc1ccc(C(=O)c2ccc(O)cc2)c(OC)c1.COc1cccc(OC)c1.O=C(O)c1ccc(O)cc1.O=P(Cl)(Cl)Cl. The van der Waals surface area contributed by atoms with Gasteiger partial charge in [-0.1, -0.05) is 6.07 Å². The molecule has 0 amide bonds. The molecule has 0 spiro atoms. The Morgan fingerprint density at radius 3 is 1.41 bits per heavy atom. The van der Waals surface area contributed by atoms with Crippen molar-refractivity contribution >= 4 is 50.7 Å². The number of ketones is 1. The Morgan fingerprint density at radius 2 is 1.02 bits per heavy atom. The van der Waals surface area contributed by atoms with E-state index in [4.69, 9.17) is 29.2 Å². The second kappa shape index (κ2) is 19.2. The number of carbonyl (C=O) groups is 2. The predicted octanol–water partition coefficient (Wildman–Crippen LogP) is 8.25. The molecular formula is C30H30Cl3O10P. The number of aromatic carboxylic acids is 1. The van der Waals surface area contributed by atoms with Gasteiger partial charge in [0.25, 0.3) is 0 Å². The number of hydrogen-bond acceptors (Lipinski definition) is 9. The van der Waals surface area contributed by atoms with Crippen LogP contribution in [0.4, 0.5) is 0 Å². The van der Waals surface area contributed by atoms with E-state index < -0.39 is 11.2 Å². The molecule has 0 aliphatic rings. The van der Waals surface area contributed by atoms with Crippen LogP contribution in [-0.4, -0.2) is 55.5 Å². The van der Waals surface area contributed by atoms with Gasteiger partial charge < -0.3 is 34.3 Å². The van der Waals surface area contributed by atoms with Gasteiger partial charge in [0.1, 0.15) is 34.5 Å². The minimum atomic E-state index is -3.22. The van der Waals surface area contributed by atoms with Crippen molar-refractivity contribution in [2.24, 2.45) is 0 Å². The van der Waals surface area contributed by atoms with E-state index in [0.717, 1.165) is 11.5 Å². The molecule has 0 aliphatic heterocycles. The lowest BCUT2D eigenvalue weighted by Crippen LogP contribution is -2.04. The van der Waals surface area contributed by atoms with E-state index in [2.05, 4.69) is 33.7 Å². The number of methoxy groups -OCH3 is 4. The van der Waals surface area contributed by atoms with Crippen molar-refractivity contribution in [1.82, 2.24) is 0 Å². The van der Waals surface area contributed by atoms with Crippen molar-refractivity contribution in [3.05, 3.63) is 108 Å². The maximum absolute atomic E-state index is 12.3. The van der Waals surface area contributed by atoms with Crippen LogP contribution in [0.3, 0.4) is 0 Å². The normalized spacial score (nSPS) is 9.80. The number of aromatic hydroxyl groups is 2. The number of phenolic OH excluding ortho intramolecular Hbond substituents is 2. The van der Waals surface area contributed by atoms with Gasteiger partial charge in [0.15, 0.2) is 5.78 Å². The molecule has 0 aromatic heterocycles. The molecule has 0 bridgehead atoms. The lowest BCUT2D eigenvalue weighted by atomic mass is 10.0. The first-order valence-corrected chi connectivity index (χ1v) is 16.6. The summed E-state index contributed by atoms with van der Waals surface area (Å²) in [5, 5.41) is 23.1. The first-order valence-electron chi connectivity index (χ1n) is 12.2. The monoisotopic (exact) mass is 686 g/mol. The Labute approximate surface area is 269 Å². The first-order chi connectivity index (χ1) is 20.7. The number of ether oxygens (including phenoxy) is 4.